The summed E-state index contributed by atoms with van der Waals surface area (Å²) in [4.78, 5) is 2.27. The van der Waals surface area contributed by atoms with Crippen molar-refractivity contribution in [2.24, 2.45) is 0 Å². The molecule has 2 rings (SSSR count). The van der Waals surface area contributed by atoms with Crippen LogP contribution >= 0.6 is 11.3 Å². The van der Waals surface area contributed by atoms with Gasteiger partial charge >= 0.3 is 0 Å². The number of benzene rings is 1. The van der Waals surface area contributed by atoms with E-state index in [1.54, 1.807) is 11.3 Å². The summed E-state index contributed by atoms with van der Waals surface area (Å²) in [6.07, 6.45) is 0.479. The smallest absolute Gasteiger partial charge is 0.113 e. The average molecular weight is 232 g/mol. The third-order valence-corrected chi connectivity index (χ3v) is 3.81. The van der Waals surface area contributed by atoms with Crippen molar-refractivity contribution in [3.05, 3.63) is 57.3 Å². The topological polar surface area (TPSA) is 20.2 Å². The number of rotatable bonds is 3. The lowest BCUT2D eigenvalue weighted by molar-refractivity contribution is 0.223. The molecule has 1 atom stereocenters. The highest BCUT2D eigenvalue weighted by Gasteiger charge is 2.14. The molecule has 1 aromatic carbocycles. The predicted molar refractivity (Wildman–Crippen MR) is 68.9 cm³/mol. The SMILES string of the molecule is CCc1ccccc1C(O)c1ccc(C)s1. The lowest BCUT2D eigenvalue weighted by Crippen LogP contribution is -2.01. The second kappa shape index (κ2) is 4.81. The molecule has 0 fully saturated rings. The van der Waals surface area contributed by atoms with Gasteiger partial charge < -0.3 is 5.11 Å². The minimum atomic E-state index is -0.477. The molecular formula is C14H16OS. The number of aliphatic hydroxyl groups is 1. The van der Waals surface area contributed by atoms with Crippen LogP contribution in [0.25, 0.3) is 0 Å². The van der Waals surface area contributed by atoms with E-state index in [2.05, 4.69) is 26.0 Å². The van der Waals surface area contributed by atoms with E-state index >= 15 is 0 Å². The van der Waals surface area contributed by atoms with Gasteiger partial charge in [-0.2, -0.15) is 0 Å². The van der Waals surface area contributed by atoms with Crippen LogP contribution in [0.15, 0.2) is 36.4 Å². The third kappa shape index (κ3) is 2.18. The molecule has 0 spiro atoms. The molecule has 1 N–H and O–H groups in total. The van der Waals surface area contributed by atoms with Crippen LogP contribution in [-0.2, 0) is 6.42 Å². The first-order chi connectivity index (χ1) is 7.72. The maximum absolute atomic E-state index is 10.3. The zero-order chi connectivity index (χ0) is 11.5. The Balaban J connectivity index is 2.36. The summed E-state index contributed by atoms with van der Waals surface area (Å²) >= 11 is 1.66. The standard InChI is InChI=1S/C14H16OS/c1-3-11-6-4-5-7-12(11)14(15)13-9-8-10(2)16-13/h4-9,14-15H,3H2,1-2H3. The van der Waals surface area contributed by atoms with Crippen LogP contribution in [0.2, 0.25) is 0 Å². The van der Waals surface area contributed by atoms with Crippen molar-refractivity contribution in [1.82, 2.24) is 0 Å². The largest absolute Gasteiger partial charge is 0.383 e. The molecule has 16 heavy (non-hydrogen) atoms. The molecule has 1 nitrogen and oxygen atoms in total. The van der Waals surface area contributed by atoms with Gasteiger partial charge in [0.2, 0.25) is 0 Å². The number of aliphatic hydroxyl groups excluding tert-OH is 1. The Bertz CT molecular complexity index is 473. The quantitative estimate of drug-likeness (QED) is 0.855. The van der Waals surface area contributed by atoms with Crippen molar-refractivity contribution in [2.75, 3.05) is 0 Å². The Kier molecular flexibility index (Phi) is 3.42. The van der Waals surface area contributed by atoms with Crippen molar-refractivity contribution in [3.8, 4) is 0 Å². The van der Waals surface area contributed by atoms with Gasteiger partial charge in [0, 0.05) is 9.75 Å². The highest BCUT2D eigenvalue weighted by atomic mass is 32.1. The van der Waals surface area contributed by atoms with Crippen LogP contribution < -0.4 is 0 Å². The Morgan fingerprint density at radius 2 is 1.94 bits per heavy atom. The Labute approximate surface area is 100 Å². The molecule has 0 aliphatic carbocycles. The summed E-state index contributed by atoms with van der Waals surface area (Å²) < 4.78 is 0. The van der Waals surface area contributed by atoms with Crippen molar-refractivity contribution in [2.45, 2.75) is 26.4 Å². The minimum Gasteiger partial charge on any atom is -0.383 e. The van der Waals surface area contributed by atoms with E-state index in [9.17, 15) is 5.11 Å². The fourth-order valence-corrected chi connectivity index (χ4v) is 2.76. The monoisotopic (exact) mass is 232 g/mol. The van der Waals surface area contributed by atoms with Crippen LogP contribution in [0.5, 0.6) is 0 Å². The van der Waals surface area contributed by atoms with Gasteiger partial charge in [0.25, 0.3) is 0 Å². The minimum absolute atomic E-state index is 0.477. The summed E-state index contributed by atoms with van der Waals surface area (Å²) in [5.41, 5.74) is 2.26. The van der Waals surface area contributed by atoms with Gasteiger partial charge in [-0.1, -0.05) is 31.2 Å². The van der Waals surface area contributed by atoms with Gasteiger partial charge in [0.15, 0.2) is 0 Å². The lowest BCUT2D eigenvalue weighted by atomic mass is 10.00. The summed E-state index contributed by atoms with van der Waals surface area (Å²) in [7, 11) is 0. The highest BCUT2D eigenvalue weighted by Crippen LogP contribution is 2.30. The first-order valence-corrected chi connectivity index (χ1v) is 6.36. The van der Waals surface area contributed by atoms with Gasteiger partial charge in [-0.25, -0.2) is 0 Å². The zero-order valence-electron chi connectivity index (χ0n) is 9.60. The second-order valence-corrected chi connectivity index (χ2v) is 5.22. The van der Waals surface area contributed by atoms with E-state index in [1.807, 2.05) is 24.3 Å². The second-order valence-electron chi connectivity index (χ2n) is 3.90. The van der Waals surface area contributed by atoms with Gasteiger partial charge in [0.1, 0.15) is 6.10 Å². The molecule has 1 unspecified atom stereocenters. The van der Waals surface area contributed by atoms with Crippen molar-refractivity contribution < 1.29 is 5.11 Å². The van der Waals surface area contributed by atoms with E-state index in [4.69, 9.17) is 0 Å². The van der Waals surface area contributed by atoms with Crippen molar-refractivity contribution >= 4 is 11.3 Å². The Morgan fingerprint density at radius 3 is 2.56 bits per heavy atom. The van der Waals surface area contributed by atoms with Gasteiger partial charge in [-0.3, -0.25) is 0 Å². The summed E-state index contributed by atoms with van der Waals surface area (Å²) in [5.74, 6) is 0. The number of thiophene rings is 1. The van der Waals surface area contributed by atoms with Gasteiger partial charge in [-0.15, -0.1) is 11.3 Å². The Hall–Kier alpha value is -1.12. The predicted octanol–water partition coefficient (Wildman–Crippen LogP) is 3.70. The van der Waals surface area contributed by atoms with Crippen LogP contribution in [0.1, 0.15) is 33.9 Å². The van der Waals surface area contributed by atoms with Gasteiger partial charge in [0.05, 0.1) is 0 Å². The molecule has 1 heterocycles. The molecule has 0 saturated carbocycles. The molecule has 1 aromatic heterocycles. The summed E-state index contributed by atoms with van der Waals surface area (Å²) in [6.45, 7) is 4.18. The average Bonchev–Trinajstić information content (AvgIpc) is 2.75. The third-order valence-electron chi connectivity index (χ3n) is 2.76. The molecule has 0 amide bonds. The fraction of sp³-hybridized carbons (Fsp3) is 0.286. The van der Waals surface area contributed by atoms with Crippen LogP contribution in [0.4, 0.5) is 0 Å². The van der Waals surface area contributed by atoms with E-state index in [1.165, 1.54) is 10.4 Å². The van der Waals surface area contributed by atoms with Crippen molar-refractivity contribution in [3.63, 3.8) is 0 Å². The first kappa shape index (κ1) is 11.4. The number of aryl methyl sites for hydroxylation is 2. The van der Waals surface area contributed by atoms with Crippen molar-refractivity contribution in [1.29, 1.82) is 0 Å². The Morgan fingerprint density at radius 1 is 1.19 bits per heavy atom. The maximum atomic E-state index is 10.3. The van der Waals surface area contributed by atoms with Crippen LogP contribution in [0, 0.1) is 6.92 Å². The molecular weight excluding hydrogens is 216 g/mol. The van der Waals surface area contributed by atoms with E-state index < -0.39 is 6.10 Å². The lowest BCUT2D eigenvalue weighted by Gasteiger charge is -2.13. The number of hydrogen-bond donors (Lipinski definition) is 1. The van der Waals surface area contributed by atoms with E-state index in [-0.39, 0.29) is 0 Å². The van der Waals surface area contributed by atoms with Crippen LogP contribution in [0.3, 0.4) is 0 Å². The molecule has 0 saturated heterocycles. The zero-order valence-corrected chi connectivity index (χ0v) is 10.4. The molecule has 84 valence electrons. The maximum Gasteiger partial charge on any atom is 0.113 e. The highest BCUT2D eigenvalue weighted by molar-refractivity contribution is 7.12. The first-order valence-electron chi connectivity index (χ1n) is 5.54. The molecule has 2 aromatic rings. The molecule has 0 aliphatic rings. The number of hydrogen-bond acceptors (Lipinski definition) is 2. The van der Waals surface area contributed by atoms with Gasteiger partial charge in [-0.05, 0) is 36.6 Å². The summed E-state index contributed by atoms with van der Waals surface area (Å²) in [5, 5.41) is 10.3. The molecule has 0 bridgehead atoms. The fourth-order valence-electron chi connectivity index (χ4n) is 1.88. The summed E-state index contributed by atoms with van der Waals surface area (Å²) in [6, 6.07) is 12.2. The van der Waals surface area contributed by atoms with Crippen LogP contribution in [-0.4, -0.2) is 5.11 Å². The molecule has 2 heteroatoms. The molecule has 0 radical (unpaired) electrons. The van der Waals surface area contributed by atoms with E-state index in [0.29, 0.717) is 0 Å². The normalized spacial score (nSPS) is 12.7. The van der Waals surface area contributed by atoms with E-state index in [0.717, 1.165) is 16.9 Å². The molecule has 0 aliphatic heterocycles.